The van der Waals surface area contributed by atoms with Crippen LogP contribution in [0.15, 0.2) is 41.3 Å². The van der Waals surface area contributed by atoms with E-state index in [0.717, 1.165) is 22.1 Å². The van der Waals surface area contributed by atoms with Crippen LogP contribution in [0.5, 0.6) is 0 Å². The number of benzene rings is 1. The minimum absolute atomic E-state index is 0.0914. The molecule has 0 aliphatic heterocycles. The van der Waals surface area contributed by atoms with Crippen LogP contribution in [0.25, 0.3) is 22.2 Å². The van der Waals surface area contributed by atoms with Gasteiger partial charge in [0, 0.05) is 17.1 Å². The molecule has 3 rings (SSSR count). The van der Waals surface area contributed by atoms with Gasteiger partial charge in [-0.2, -0.15) is 0 Å². The SMILES string of the molecule is Cc1cc(C)c(-c2cc3cccnc3[nH]c2=O)c(C)c1. The van der Waals surface area contributed by atoms with Crippen molar-refractivity contribution in [2.75, 3.05) is 0 Å². The van der Waals surface area contributed by atoms with E-state index in [9.17, 15) is 4.79 Å². The number of H-pyrrole nitrogens is 1. The Kier molecular flexibility index (Phi) is 2.90. The fourth-order valence-corrected chi connectivity index (χ4v) is 2.83. The molecule has 3 heteroatoms. The highest BCUT2D eigenvalue weighted by Gasteiger charge is 2.11. The zero-order chi connectivity index (χ0) is 14.3. The molecule has 0 amide bonds. The summed E-state index contributed by atoms with van der Waals surface area (Å²) in [7, 11) is 0. The van der Waals surface area contributed by atoms with Crippen LogP contribution < -0.4 is 5.56 Å². The van der Waals surface area contributed by atoms with E-state index < -0.39 is 0 Å². The van der Waals surface area contributed by atoms with Crippen molar-refractivity contribution in [1.29, 1.82) is 0 Å². The first-order chi connectivity index (χ1) is 9.56. The normalized spacial score (nSPS) is 10.9. The summed E-state index contributed by atoms with van der Waals surface area (Å²) in [5.74, 6) is 0. The van der Waals surface area contributed by atoms with E-state index in [2.05, 4.69) is 29.0 Å². The lowest BCUT2D eigenvalue weighted by Crippen LogP contribution is -2.10. The molecule has 0 aliphatic carbocycles. The summed E-state index contributed by atoms with van der Waals surface area (Å²) < 4.78 is 0. The van der Waals surface area contributed by atoms with E-state index in [1.54, 1.807) is 6.20 Å². The highest BCUT2D eigenvalue weighted by atomic mass is 16.1. The molecule has 3 nitrogen and oxygen atoms in total. The summed E-state index contributed by atoms with van der Waals surface area (Å²) >= 11 is 0. The minimum Gasteiger partial charge on any atom is -0.306 e. The Morgan fingerprint density at radius 1 is 1.05 bits per heavy atom. The molecular formula is C17H16N2O. The standard InChI is InChI=1S/C17H16N2O/c1-10-7-11(2)15(12(3)8-10)14-9-13-5-4-6-18-16(13)19-17(14)20/h4-9H,1-3H3,(H,18,19,20). The molecule has 1 aromatic carbocycles. The minimum atomic E-state index is -0.0914. The van der Waals surface area contributed by atoms with Gasteiger partial charge in [0.15, 0.2) is 0 Å². The van der Waals surface area contributed by atoms with Crippen LogP contribution in [0.2, 0.25) is 0 Å². The monoisotopic (exact) mass is 264 g/mol. The van der Waals surface area contributed by atoms with Crippen LogP contribution in [0.4, 0.5) is 0 Å². The van der Waals surface area contributed by atoms with Crippen molar-refractivity contribution in [1.82, 2.24) is 9.97 Å². The zero-order valence-corrected chi connectivity index (χ0v) is 11.8. The molecule has 100 valence electrons. The average molecular weight is 264 g/mol. The van der Waals surface area contributed by atoms with Crippen molar-refractivity contribution in [3.63, 3.8) is 0 Å². The maximum Gasteiger partial charge on any atom is 0.257 e. The highest BCUT2D eigenvalue weighted by molar-refractivity contribution is 5.82. The third-order valence-corrected chi connectivity index (χ3v) is 3.56. The van der Waals surface area contributed by atoms with Gasteiger partial charge in [-0.25, -0.2) is 4.98 Å². The molecule has 0 saturated carbocycles. The van der Waals surface area contributed by atoms with E-state index in [4.69, 9.17) is 0 Å². The Bertz CT molecular complexity index is 839. The van der Waals surface area contributed by atoms with Gasteiger partial charge in [0.25, 0.3) is 5.56 Å². The molecule has 0 atom stereocenters. The Labute approximate surface area is 117 Å². The molecule has 0 fully saturated rings. The maximum absolute atomic E-state index is 12.3. The summed E-state index contributed by atoms with van der Waals surface area (Å²) in [5.41, 5.74) is 5.72. The van der Waals surface area contributed by atoms with Gasteiger partial charge in [-0.1, -0.05) is 17.7 Å². The molecule has 0 spiro atoms. The molecule has 0 bridgehead atoms. The van der Waals surface area contributed by atoms with Crippen LogP contribution in [0, 0.1) is 20.8 Å². The van der Waals surface area contributed by atoms with Gasteiger partial charge in [0.1, 0.15) is 5.65 Å². The number of nitrogens with one attached hydrogen (secondary N) is 1. The van der Waals surface area contributed by atoms with E-state index >= 15 is 0 Å². The first-order valence-electron chi connectivity index (χ1n) is 6.62. The Morgan fingerprint density at radius 2 is 1.75 bits per heavy atom. The summed E-state index contributed by atoms with van der Waals surface area (Å²) in [6.07, 6.45) is 1.68. The summed E-state index contributed by atoms with van der Waals surface area (Å²) in [4.78, 5) is 19.4. The second-order valence-corrected chi connectivity index (χ2v) is 5.23. The van der Waals surface area contributed by atoms with Crippen LogP contribution in [0.3, 0.4) is 0 Å². The third kappa shape index (κ3) is 2.01. The number of fused-ring (bicyclic) bond motifs is 1. The first-order valence-corrected chi connectivity index (χ1v) is 6.62. The van der Waals surface area contributed by atoms with E-state index in [0.29, 0.717) is 11.2 Å². The summed E-state index contributed by atoms with van der Waals surface area (Å²) in [6.45, 7) is 6.16. The fraction of sp³-hybridized carbons (Fsp3) is 0.176. The second-order valence-electron chi connectivity index (χ2n) is 5.23. The van der Waals surface area contributed by atoms with Crippen LogP contribution >= 0.6 is 0 Å². The van der Waals surface area contributed by atoms with Gasteiger partial charge in [-0.3, -0.25) is 4.79 Å². The molecule has 1 N–H and O–H groups in total. The van der Waals surface area contributed by atoms with Crippen LogP contribution in [-0.2, 0) is 0 Å². The van der Waals surface area contributed by atoms with E-state index in [-0.39, 0.29) is 5.56 Å². The van der Waals surface area contributed by atoms with Crippen molar-refractivity contribution >= 4 is 11.0 Å². The predicted octanol–water partition coefficient (Wildman–Crippen LogP) is 3.52. The quantitative estimate of drug-likeness (QED) is 0.731. The van der Waals surface area contributed by atoms with Crippen LogP contribution in [-0.4, -0.2) is 9.97 Å². The lowest BCUT2D eigenvalue weighted by molar-refractivity contribution is 1.22. The Morgan fingerprint density at radius 3 is 2.45 bits per heavy atom. The van der Waals surface area contributed by atoms with Gasteiger partial charge in [0.05, 0.1) is 0 Å². The molecule has 0 saturated heterocycles. The third-order valence-electron chi connectivity index (χ3n) is 3.56. The molecule has 2 aromatic heterocycles. The number of hydrogen-bond acceptors (Lipinski definition) is 2. The zero-order valence-electron chi connectivity index (χ0n) is 11.8. The van der Waals surface area contributed by atoms with Gasteiger partial charge in [-0.15, -0.1) is 0 Å². The predicted molar refractivity (Wildman–Crippen MR) is 82.0 cm³/mol. The summed E-state index contributed by atoms with van der Waals surface area (Å²) in [6, 6.07) is 9.97. The van der Waals surface area contributed by atoms with Gasteiger partial charge in [-0.05, 0) is 55.7 Å². The number of hydrogen-bond donors (Lipinski definition) is 1. The number of rotatable bonds is 1. The van der Waals surface area contributed by atoms with E-state index in [1.807, 2.05) is 32.0 Å². The fourth-order valence-electron chi connectivity index (χ4n) is 2.83. The Hall–Kier alpha value is -2.42. The van der Waals surface area contributed by atoms with Crippen molar-refractivity contribution in [3.8, 4) is 11.1 Å². The smallest absolute Gasteiger partial charge is 0.257 e. The topological polar surface area (TPSA) is 45.8 Å². The number of pyridine rings is 2. The van der Waals surface area contributed by atoms with Gasteiger partial charge in [0.2, 0.25) is 0 Å². The molecule has 20 heavy (non-hydrogen) atoms. The first kappa shape index (κ1) is 12.6. The second kappa shape index (κ2) is 4.60. The van der Waals surface area contributed by atoms with Crippen molar-refractivity contribution in [3.05, 3.63) is 63.6 Å². The molecule has 0 aliphatic rings. The number of aromatic nitrogens is 2. The van der Waals surface area contributed by atoms with Crippen LogP contribution in [0.1, 0.15) is 16.7 Å². The highest BCUT2D eigenvalue weighted by Crippen LogP contribution is 2.27. The molecule has 0 radical (unpaired) electrons. The van der Waals surface area contributed by atoms with Crippen molar-refractivity contribution in [2.24, 2.45) is 0 Å². The largest absolute Gasteiger partial charge is 0.306 e. The number of aryl methyl sites for hydroxylation is 3. The molecule has 2 heterocycles. The molecular weight excluding hydrogens is 248 g/mol. The van der Waals surface area contributed by atoms with Crippen molar-refractivity contribution < 1.29 is 0 Å². The molecule has 0 unspecified atom stereocenters. The average Bonchev–Trinajstić information content (AvgIpc) is 2.38. The number of nitrogens with zero attached hydrogens (tertiary/aromatic N) is 1. The lowest BCUT2D eigenvalue weighted by atomic mass is 9.94. The Balaban J connectivity index is 2.35. The molecule has 3 aromatic rings. The maximum atomic E-state index is 12.3. The van der Waals surface area contributed by atoms with Gasteiger partial charge >= 0.3 is 0 Å². The lowest BCUT2D eigenvalue weighted by Gasteiger charge is -2.11. The van der Waals surface area contributed by atoms with Gasteiger partial charge < -0.3 is 4.98 Å². The summed E-state index contributed by atoms with van der Waals surface area (Å²) in [5, 5.41) is 0.946. The van der Waals surface area contributed by atoms with E-state index in [1.165, 1.54) is 5.56 Å². The number of aromatic amines is 1. The van der Waals surface area contributed by atoms with Crippen molar-refractivity contribution in [2.45, 2.75) is 20.8 Å².